The molecule has 0 aliphatic carbocycles. The van der Waals surface area contributed by atoms with E-state index in [0.29, 0.717) is 6.07 Å². The molecule has 0 saturated carbocycles. The highest BCUT2D eigenvalue weighted by Gasteiger charge is 2.16. The Morgan fingerprint density at radius 2 is 1.40 bits per heavy atom. The molecule has 0 bridgehead atoms. The van der Waals surface area contributed by atoms with Gasteiger partial charge in [-0.15, -0.1) is 0 Å². The van der Waals surface area contributed by atoms with Crippen molar-refractivity contribution in [2.24, 2.45) is 0 Å². The Labute approximate surface area is 85.1 Å². The minimum Gasteiger partial charge on any atom is -0.768 e. The van der Waals surface area contributed by atoms with E-state index < -0.39 is 37.2 Å². The van der Waals surface area contributed by atoms with Gasteiger partial charge in [0, 0.05) is 17.0 Å². The number of benzene rings is 1. The second-order valence-electron chi connectivity index (χ2n) is 2.43. The van der Waals surface area contributed by atoms with Gasteiger partial charge < -0.3 is 4.55 Å². The first-order valence-electron chi connectivity index (χ1n) is 3.45. The molecule has 0 radical (unpaired) electrons. The summed E-state index contributed by atoms with van der Waals surface area (Å²) in [5.41, 5.74) is -1.27. The lowest BCUT2D eigenvalue weighted by Gasteiger charge is -2.03. The van der Waals surface area contributed by atoms with Gasteiger partial charge >= 0.3 is 0 Å². The summed E-state index contributed by atoms with van der Waals surface area (Å²) in [5, 5.41) is 20.7. The van der Waals surface area contributed by atoms with E-state index in [1.165, 1.54) is 0 Å². The summed E-state index contributed by atoms with van der Waals surface area (Å²) in [6.07, 6.45) is 0. The monoisotopic (exact) mass is 231 g/mol. The van der Waals surface area contributed by atoms with Crippen molar-refractivity contribution in [1.29, 1.82) is 0 Å². The molecule has 9 heteroatoms. The zero-order valence-electron chi connectivity index (χ0n) is 6.98. The molecule has 1 unspecified atom stereocenters. The molecule has 0 N–H and O–H groups in total. The molecule has 1 aromatic carbocycles. The molecule has 0 aliphatic rings. The number of hydrogen-bond acceptors (Lipinski definition) is 6. The first-order valence-corrected chi connectivity index (χ1v) is 4.52. The van der Waals surface area contributed by atoms with Crippen molar-refractivity contribution in [2.75, 3.05) is 0 Å². The van der Waals surface area contributed by atoms with Crippen molar-refractivity contribution >= 4 is 22.5 Å². The van der Waals surface area contributed by atoms with Crippen molar-refractivity contribution < 1.29 is 18.6 Å². The lowest BCUT2D eigenvalue weighted by atomic mass is 10.3. The quantitative estimate of drug-likeness (QED) is 0.428. The average molecular weight is 231 g/mol. The van der Waals surface area contributed by atoms with E-state index in [4.69, 9.17) is 0 Å². The predicted molar refractivity (Wildman–Crippen MR) is 46.9 cm³/mol. The van der Waals surface area contributed by atoms with E-state index in [1.54, 1.807) is 0 Å². The van der Waals surface area contributed by atoms with E-state index >= 15 is 0 Å². The highest BCUT2D eigenvalue weighted by Crippen LogP contribution is 2.23. The van der Waals surface area contributed by atoms with E-state index in [9.17, 15) is 29.0 Å². The van der Waals surface area contributed by atoms with Gasteiger partial charge in [-0.2, -0.15) is 0 Å². The number of nitro groups is 2. The summed E-state index contributed by atoms with van der Waals surface area (Å²) in [6, 6.07) is 2.18. The minimum atomic E-state index is -2.74. The maximum absolute atomic E-state index is 10.5. The number of hydrogen-bond donors (Lipinski definition) is 0. The van der Waals surface area contributed by atoms with Crippen LogP contribution < -0.4 is 0 Å². The average Bonchev–Trinajstić information content (AvgIpc) is 2.16. The van der Waals surface area contributed by atoms with Crippen LogP contribution in [0, 0.1) is 20.2 Å². The van der Waals surface area contributed by atoms with Gasteiger partial charge in [-0.1, -0.05) is 0 Å². The summed E-state index contributed by atoms with van der Waals surface area (Å²) >= 11 is -2.74. The van der Waals surface area contributed by atoms with Crippen LogP contribution in [-0.4, -0.2) is 18.6 Å². The van der Waals surface area contributed by atoms with Crippen LogP contribution >= 0.6 is 0 Å². The van der Waals surface area contributed by atoms with Gasteiger partial charge in [0.1, 0.15) is 0 Å². The first kappa shape index (κ1) is 11.2. The Bertz CT molecular complexity index is 380. The molecular weight excluding hydrogens is 228 g/mol. The van der Waals surface area contributed by atoms with Crippen LogP contribution in [0.1, 0.15) is 0 Å². The van der Waals surface area contributed by atoms with Gasteiger partial charge in [-0.3, -0.25) is 24.4 Å². The van der Waals surface area contributed by atoms with Crippen molar-refractivity contribution in [2.45, 2.75) is 4.90 Å². The molecule has 0 fully saturated rings. The summed E-state index contributed by atoms with van der Waals surface area (Å²) in [5.74, 6) is 0. The van der Waals surface area contributed by atoms with Crippen molar-refractivity contribution in [3.05, 3.63) is 38.4 Å². The van der Waals surface area contributed by atoms with Crippen molar-refractivity contribution in [1.82, 2.24) is 0 Å². The number of non-ortho nitro benzene ring substituents is 2. The topological polar surface area (TPSA) is 126 Å². The molecule has 1 rings (SSSR count). The molecule has 0 aromatic heterocycles. The molecule has 8 nitrogen and oxygen atoms in total. The highest BCUT2D eigenvalue weighted by atomic mass is 32.2. The van der Waals surface area contributed by atoms with E-state index in [-0.39, 0.29) is 0 Å². The Morgan fingerprint density at radius 3 is 1.67 bits per heavy atom. The fourth-order valence-corrected chi connectivity index (χ4v) is 1.31. The van der Waals surface area contributed by atoms with Gasteiger partial charge in [0.2, 0.25) is 0 Å². The molecular formula is C6H3N2O6S-. The maximum Gasteiger partial charge on any atom is 0.277 e. The van der Waals surface area contributed by atoms with Crippen LogP contribution in [0.3, 0.4) is 0 Å². The molecule has 1 aromatic rings. The van der Waals surface area contributed by atoms with Crippen LogP contribution in [-0.2, 0) is 11.1 Å². The van der Waals surface area contributed by atoms with E-state index in [0.717, 1.165) is 12.1 Å². The van der Waals surface area contributed by atoms with Crippen LogP contribution in [0.15, 0.2) is 23.1 Å². The number of nitro benzene ring substituents is 2. The standard InChI is InChI=1S/C6H4N2O6S/c9-7(10)4-1-5(8(11)12)3-6(2-4)15(13)14/h1-3H,(H,13,14)/p-1. The summed E-state index contributed by atoms with van der Waals surface area (Å²) in [7, 11) is 0. The van der Waals surface area contributed by atoms with Crippen molar-refractivity contribution in [3.63, 3.8) is 0 Å². The predicted octanol–water partition coefficient (Wildman–Crippen LogP) is 0.741. The Balaban J connectivity index is 3.39. The zero-order chi connectivity index (χ0) is 11.6. The molecule has 0 amide bonds. The normalized spacial score (nSPS) is 12.1. The van der Waals surface area contributed by atoms with E-state index in [1.807, 2.05) is 0 Å². The van der Waals surface area contributed by atoms with Crippen LogP contribution in [0.5, 0.6) is 0 Å². The zero-order valence-corrected chi connectivity index (χ0v) is 7.80. The molecule has 0 aliphatic heterocycles. The molecule has 1 atom stereocenters. The highest BCUT2D eigenvalue weighted by molar-refractivity contribution is 7.79. The third-order valence-electron chi connectivity index (χ3n) is 1.49. The molecule has 15 heavy (non-hydrogen) atoms. The van der Waals surface area contributed by atoms with Crippen LogP contribution in [0.25, 0.3) is 0 Å². The summed E-state index contributed by atoms with van der Waals surface area (Å²) in [6.45, 7) is 0. The summed E-state index contributed by atoms with van der Waals surface area (Å²) in [4.78, 5) is 18.4. The van der Waals surface area contributed by atoms with Crippen LogP contribution in [0.4, 0.5) is 11.4 Å². The second kappa shape index (κ2) is 4.11. The Hall–Kier alpha value is -1.87. The smallest absolute Gasteiger partial charge is 0.277 e. The minimum absolute atomic E-state index is 0.490. The molecule has 0 spiro atoms. The van der Waals surface area contributed by atoms with E-state index in [2.05, 4.69) is 0 Å². The maximum atomic E-state index is 10.5. The number of rotatable bonds is 3. The van der Waals surface area contributed by atoms with Gasteiger partial charge in [0.25, 0.3) is 11.4 Å². The summed E-state index contributed by atoms with van der Waals surface area (Å²) < 4.78 is 21.0. The van der Waals surface area contributed by atoms with Crippen molar-refractivity contribution in [3.8, 4) is 0 Å². The lowest BCUT2D eigenvalue weighted by Crippen LogP contribution is -1.96. The fraction of sp³-hybridized carbons (Fsp3) is 0. The fourth-order valence-electron chi connectivity index (χ4n) is 0.875. The Kier molecular flexibility index (Phi) is 3.07. The van der Waals surface area contributed by atoms with Gasteiger partial charge in [-0.25, -0.2) is 0 Å². The van der Waals surface area contributed by atoms with Gasteiger partial charge in [-0.05, 0) is 11.1 Å². The molecule has 0 heterocycles. The largest absolute Gasteiger partial charge is 0.768 e. The first-order chi connectivity index (χ1) is 6.91. The number of nitrogens with zero attached hydrogens (tertiary/aromatic N) is 2. The molecule has 0 saturated heterocycles. The third kappa shape index (κ3) is 2.54. The SMILES string of the molecule is O=[N+]([O-])c1cc([N+](=O)[O-])cc(S(=O)[O-])c1. The van der Waals surface area contributed by atoms with Gasteiger partial charge in [0.05, 0.1) is 15.9 Å². The lowest BCUT2D eigenvalue weighted by molar-refractivity contribution is -0.394. The molecule has 80 valence electrons. The van der Waals surface area contributed by atoms with Gasteiger partial charge in [0.15, 0.2) is 0 Å². The van der Waals surface area contributed by atoms with Crippen LogP contribution in [0.2, 0.25) is 0 Å². The second-order valence-corrected chi connectivity index (χ2v) is 3.37. The Morgan fingerprint density at radius 1 is 1.00 bits per heavy atom. The third-order valence-corrected chi connectivity index (χ3v) is 2.11.